The van der Waals surface area contributed by atoms with Gasteiger partial charge in [0.25, 0.3) is 0 Å². The minimum Gasteiger partial charge on any atom is -0.496 e. The van der Waals surface area contributed by atoms with Crippen LogP contribution in [0.5, 0.6) is 5.75 Å². The summed E-state index contributed by atoms with van der Waals surface area (Å²) in [5, 5.41) is 0. The van der Waals surface area contributed by atoms with Crippen LogP contribution in [-0.4, -0.2) is 42.1 Å². The van der Waals surface area contributed by atoms with E-state index in [1.54, 1.807) is 7.11 Å². The molecule has 1 rings (SSSR count). The Morgan fingerprint density at radius 2 is 2.20 bits per heavy atom. The van der Waals surface area contributed by atoms with E-state index in [2.05, 4.69) is 31.2 Å². The molecule has 0 fully saturated rings. The molecular weight excluding hydrogens is 288 g/mol. The largest absolute Gasteiger partial charge is 0.496 e. The summed E-state index contributed by atoms with van der Waals surface area (Å²) in [5.41, 5.74) is 7.77. The maximum absolute atomic E-state index is 5.76. The van der Waals surface area contributed by atoms with Crippen molar-refractivity contribution in [1.29, 1.82) is 0 Å². The number of rotatable bonds is 8. The van der Waals surface area contributed by atoms with E-state index in [1.165, 1.54) is 5.56 Å². The molecule has 0 saturated heterocycles. The second-order valence-electron chi connectivity index (χ2n) is 4.83. The number of nitrogens with two attached hydrogens (primary N) is 1. The first kappa shape index (κ1) is 17.3. The van der Waals surface area contributed by atoms with Crippen LogP contribution in [0.4, 0.5) is 0 Å². The molecule has 1 atom stereocenters. The van der Waals surface area contributed by atoms with Crippen molar-refractivity contribution < 1.29 is 4.74 Å². The van der Waals surface area contributed by atoms with Crippen molar-refractivity contribution in [3.05, 3.63) is 29.3 Å². The van der Waals surface area contributed by atoms with Crippen molar-refractivity contribution in [1.82, 2.24) is 4.90 Å². The predicted octanol–water partition coefficient (Wildman–Crippen LogP) is 2.90. The molecule has 0 heterocycles. The molecule has 0 radical (unpaired) electrons. The summed E-state index contributed by atoms with van der Waals surface area (Å²) in [7, 11) is 3.80. The molecule has 112 valence electrons. The third-order valence-electron chi connectivity index (χ3n) is 3.41. The minimum atomic E-state index is 0.377. The Kier molecular flexibility index (Phi) is 7.34. The third kappa shape index (κ3) is 4.65. The van der Waals surface area contributed by atoms with E-state index in [9.17, 15) is 0 Å². The molecule has 20 heavy (non-hydrogen) atoms. The predicted molar refractivity (Wildman–Crippen MR) is 92.8 cm³/mol. The molecule has 1 aromatic carbocycles. The smallest absolute Gasteiger partial charge is 0.129 e. The highest BCUT2D eigenvalue weighted by Gasteiger charge is 2.14. The van der Waals surface area contributed by atoms with E-state index >= 15 is 0 Å². The Hall–Kier alpha value is -0.780. The van der Waals surface area contributed by atoms with Gasteiger partial charge in [-0.05, 0) is 37.4 Å². The molecule has 0 saturated carbocycles. The first-order chi connectivity index (χ1) is 9.53. The van der Waals surface area contributed by atoms with E-state index in [4.69, 9.17) is 22.7 Å². The number of thiocarbonyl (C=S) groups is 1. The highest BCUT2D eigenvalue weighted by atomic mass is 32.2. The molecule has 0 aliphatic heterocycles. The molecular formula is C15H24N2OS2. The zero-order valence-corrected chi connectivity index (χ0v) is 14.3. The van der Waals surface area contributed by atoms with E-state index < -0.39 is 0 Å². The average Bonchev–Trinajstić information content (AvgIpc) is 2.44. The van der Waals surface area contributed by atoms with Crippen LogP contribution in [0, 0.1) is 0 Å². The van der Waals surface area contributed by atoms with Crippen LogP contribution >= 0.6 is 24.0 Å². The summed E-state index contributed by atoms with van der Waals surface area (Å²) in [4.78, 5) is 2.75. The normalized spacial score (nSPS) is 12.4. The maximum atomic E-state index is 5.76. The summed E-state index contributed by atoms with van der Waals surface area (Å²) in [6, 6.07) is 6.62. The fourth-order valence-electron chi connectivity index (χ4n) is 2.21. The van der Waals surface area contributed by atoms with Crippen molar-refractivity contribution >= 4 is 29.0 Å². The van der Waals surface area contributed by atoms with Crippen LogP contribution in [0.3, 0.4) is 0 Å². The van der Waals surface area contributed by atoms with E-state index in [1.807, 2.05) is 23.9 Å². The monoisotopic (exact) mass is 312 g/mol. The highest BCUT2D eigenvalue weighted by molar-refractivity contribution is 7.98. The Morgan fingerprint density at radius 3 is 2.70 bits per heavy atom. The fraction of sp³-hybridized carbons (Fsp3) is 0.533. The van der Waals surface area contributed by atoms with Gasteiger partial charge in [0.1, 0.15) is 10.7 Å². The van der Waals surface area contributed by atoms with Gasteiger partial charge in [-0.15, -0.1) is 0 Å². The number of thioether (sulfide) groups is 1. The van der Waals surface area contributed by atoms with Gasteiger partial charge in [-0.1, -0.05) is 25.2 Å². The van der Waals surface area contributed by atoms with Gasteiger partial charge in [0, 0.05) is 18.3 Å². The number of nitrogens with zero attached hydrogens (tertiary/aromatic N) is 1. The first-order valence-electron chi connectivity index (χ1n) is 6.69. The van der Waals surface area contributed by atoms with E-state index in [0.717, 1.165) is 30.0 Å². The lowest BCUT2D eigenvalue weighted by molar-refractivity contribution is 0.248. The Labute approximate surface area is 131 Å². The van der Waals surface area contributed by atoms with Crippen molar-refractivity contribution in [2.75, 3.05) is 26.2 Å². The van der Waals surface area contributed by atoms with Crippen LogP contribution < -0.4 is 10.5 Å². The molecule has 2 N–H and O–H groups in total. The Balaban J connectivity index is 2.87. The average molecular weight is 313 g/mol. The summed E-state index contributed by atoms with van der Waals surface area (Å²) >= 11 is 6.97. The topological polar surface area (TPSA) is 38.5 Å². The van der Waals surface area contributed by atoms with Crippen molar-refractivity contribution in [3.8, 4) is 5.75 Å². The zero-order valence-electron chi connectivity index (χ0n) is 12.7. The quantitative estimate of drug-likeness (QED) is 0.747. The molecule has 0 amide bonds. The SMILES string of the molecule is CCC(CSC)N(C)Cc1ccc(OC)c(C(N)=S)c1. The summed E-state index contributed by atoms with van der Waals surface area (Å²) < 4.78 is 5.29. The second-order valence-corrected chi connectivity index (χ2v) is 6.18. The minimum absolute atomic E-state index is 0.377. The molecule has 1 unspecified atom stereocenters. The second kappa shape index (κ2) is 8.49. The lowest BCUT2D eigenvalue weighted by atomic mass is 10.1. The molecule has 0 bridgehead atoms. The van der Waals surface area contributed by atoms with Gasteiger partial charge in [-0.25, -0.2) is 0 Å². The summed E-state index contributed by atoms with van der Waals surface area (Å²) in [5.74, 6) is 1.88. The molecule has 0 aliphatic rings. The fourth-order valence-corrected chi connectivity index (χ4v) is 3.25. The number of methoxy groups -OCH3 is 1. The number of hydrogen-bond donors (Lipinski definition) is 1. The van der Waals surface area contributed by atoms with Crippen molar-refractivity contribution in [3.63, 3.8) is 0 Å². The molecule has 5 heteroatoms. The van der Waals surface area contributed by atoms with Crippen molar-refractivity contribution in [2.45, 2.75) is 25.9 Å². The van der Waals surface area contributed by atoms with Crippen molar-refractivity contribution in [2.24, 2.45) is 5.73 Å². The summed E-state index contributed by atoms with van der Waals surface area (Å²) in [6.07, 6.45) is 3.30. The molecule has 0 aliphatic carbocycles. The third-order valence-corrected chi connectivity index (χ3v) is 4.35. The van der Waals surface area contributed by atoms with Gasteiger partial charge in [0.05, 0.1) is 12.7 Å². The zero-order chi connectivity index (χ0) is 15.1. The van der Waals surface area contributed by atoms with E-state index in [-0.39, 0.29) is 0 Å². The molecule has 1 aromatic rings. The van der Waals surface area contributed by atoms with Crippen LogP contribution in [-0.2, 0) is 6.54 Å². The first-order valence-corrected chi connectivity index (χ1v) is 8.49. The van der Waals surface area contributed by atoms with Gasteiger partial charge in [-0.3, -0.25) is 4.90 Å². The van der Waals surface area contributed by atoms with Gasteiger partial charge in [0.2, 0.25) is 0 Å². The molecule has 0 aromatic heterocycles. The van der Waals surface area contributed by atoms with Crippen LogP contribution in [0.1, 0.15) is 24.5 Å². The lowest BCUT2D eigenvalue weighted by Gasteiger charge is -2.26. The number of benzene rings is 1. The van der Waals surface area contributed by atoms with Crippen LogP contribution in [0.25, 0.3) is 0 Å². The molecule has 3 nitrogen and oxygen atoms in total. The number of ether oxygens (including phenoxy) is 1. The standard InChI is InChI=1S/C15H24N2OS2/c1-5-12(10-20-4)17(2)9-11-6-7-14(18-3)13(8-11)15(16)19/h6-8,12H,5,9-10H2,1-4H3,(H2,16,19). The van der Waals surface area contributed by atoms with Gasteiger partial charge >= 0.3 is 0 Å². The van der Waals surface area contributed by atoms with Crippen LogP contribution in [0.2, 0.25) is 0 Å². The van der Waals surface area contributed by atoms with Gasteiger partial charge in [0.15, 0.2) is 0 Å². The van der Waals surface area contributed by atoms with Crippen LogP contribution in [0.15, 0.2) is 18.2 Å². The Morgan fingerprint density at radius 1 is 1.50 bits per heavy atom. The lowest BCUT2D eigenvalue weighted by Crippen LogP contribution is -2.32. The number of hydrogen-bond acceptors (Lipinski definition) is 4. The van der Waals surface area contributed by atoms with Gasteiger partial charge in [-0.2, -0.15) is 11.8 Å². The van der Waals surface area contributed by atoms with Gasteiger partial charge < -0.3 is 10.5 Å². The molecule has 0 spiro atoms. The summed E-state index contributed by atoms with van der Waals surface area (Å²) in [6.45, 7) is 3.12. The Bertz CT molecular complexity index is 451. The highest BCUT2D eigenvalue weighted by Crippen LogP contribution is 2.21. The maximum Gasteiger partial charge on any atom is 0.129 e. The van der Waals surface area contributed by atoms with E-state index in [0.29, 0.717) is 11.0 Å².